The van der Waals surface area contributed by atoms with Gasteiger partial charge >= 0.3 is 6.18 Å². The Morgan fingerprint density at radius 2 is 2.09 bits per heavy atom. The Kier molecular flexibility index (Phi) is 5.25. The number of rotatable bonds is 5. The molecule has 0 radical (unpaired) electrons. The molecule has 1 fully saturated rings. The highest BCUT2D eigenvalue weighted by molar-refractivity contribution is 5.82. The Hall–Kier alpha value is -2.09. The molecular formula is C15H17F3N2O3. The lowest BCUT2D eigenvalue weighted by Gasteiger charge is -2.20. The highest BCUT2D eigenvalue weighted by Gasteiger charge is 2.35. The number of benzene rings is 1. The van der Waals surface area contributed by atoms with E-state index in [9.17, 15) is 22.8 Å². The molecule has 0 aromatic heterocycles. The molecule has 8 heteroatoms. The van der Waals surface area contributed by atoms with Gasteiger partial charge in [-0.2, -0.15) is 13.2 Å². The number of methoxy groups -OCH3 is 1. The zero-order chi connectivity index (χ0) is 17.0. The fourth-order valence-corrected chi connectivity index (χ4v) is 2.56. The van der Waals surface area contributed by atoms with Crippen molar-refractivity contribution in [2.75, 3.05) is 20.3 Å². The molecule has 2 rings (SSSR count). The van der Waals surface area contributed by atoms with Crippen molar-refractivity contribution in [1.82, 2.24) is 10.2 Å². The van der Waals surface area contributed by atoms with Gasteiger partial charge in [0.05, 0.1) is 11.6 Å². The number of ether oxygens (including phenoxy) is 1. The molecule has 2 amide bonds. The summed E-state index contributed by atoms with van der Waals surface area (Å²) in [5.41, 5.74) is -0.711. The van der Waals surface area contributed by atoms with Gasteiger partial charge in [-0.15, -0.1) is 0 Å². The van der Waals surface area contributed by atoms with E-state index in [0.717, 1.165) is 6.07 Å². The summed E-state index contributed by atoms with van der Waals surface area (Å²) in [5, 5.41) is 2.62. The van der Waals surface area contributed by atoms with E-state index in [1.807, 2.05) is 0 Å². The molecule has 5 nitrogen and oxygen atoms in total. The Morgan fingerprint density at radius 3 is 2.74 bits per heavy atom. The van der Waals surface area contributed by atoms with E-state index in [0.29, 0.717) is 0 Å². The van der Waals surface area contributed by atoms with Gasteiger partial charge in [0.2, 0.25) is 11.8 Å². The van der Waals surface area contributed by atoms with Crippen LogP contribution in [0.2, 0.25) is 0 Å². The van der Waals surface area contributed by atoms with E-state index in [2.05, 4.69) is 10.1 Å². The number of nitrogens with zero attached hydrogens (tertiary/aromatic N) is 1. The highest BCUT2D eigenvalue weighted by Crippen LogP contribution is 2.32. The number of hydrogen-bond acceptors (Lipinski definition) is 3. The van der Waals surface area contributed by atoms with Gasteiger partial charge in [0.25, 0.3) is 0 Å². The molecule has 23 heavy (non-hydrogen) atoms. The maximum absolute atomic E-state index is 13.0. The number of hydrogen-bond donors (Lipinski definition) is 1. The minimum absolute atomic E-state index is 0.0391. The van der Waals surface area contributed by atoms with Crippen LogP contribution in [0, 0.1) is 0 Å². The first-order valence-corrected chi connectivity index (χ1v) is 7.02. The second-order valence-electron chi connectivity index (χ2n) is 5.33. The van der Waals surface area contributed by atoms with Gasteiger partial charge in [-0.25, -0.2) is 0 Å². The first-order chi connectivity index (χ1) is 10.8. The van der Waals surface area contributed by atoms with Crippen molar-refractivity contribution in [2.45, 2.75) is 25.2 Å². The zero-order valence-corrected chi connectivity index (χ0v) is 12.5. The minimum Gasteiger partial charge on any atom is -0.375 e. The number of alkyl halides is 3. The Morgan fingerprint density at radius 1 is 1.39 bits per heavy atom. The topological polar surface area (TPSA) is 58.6 Å². The van der Waals surface area contributed by atoms with E-state index in [4.69, 9.17) is 0 Å². The Labute approximate surface area is 131 Å². The van der Waals surface area contributed by atoms with Crippen LogP contribution in [0.15, 0.2) is 24.3 Å². The summed E-state index contributed by atoms with van der Waals surface area (Å²) in [6.07, 6.45) is -4.39. The van der Waals surface area contributed by atoms with Gasteiger partial charge in [-0.1, -0.05) is 18.2 Å². The van der Waals surface area contributed by atoms with Crippen LogP contribution in [0.1, 0.15) is 17.5 Å². The first-order valence-electron chi connectivity index (χ1n) is 7.02. The lowest BCUT2D eigenvalue weighted by Crippen LogP contribution is -2.38. The van der Waals surface area contributed by atoms with Gasteiger partial charge in [-0.05, 0) is 11.6 Å². The van der Waals surface area contributed by atoms with Crippen molar-refractivity contribution < 1.29 is 27.5 Å². The van der Waals surface area contributed by atoms with Gasteiger partial charge in [0.15, 0.2) is 0 Å². The predicted octanol–water partition coefficient (Wildman–Crippen LogP) is 1.57. The third kappa shape index (κ3) is 4.44. The molecule has 1 aromatic carbocycles. The summed E-state index contributed by atoms with van der Waals surface area (Å²) in [5.74, 6) is -0.646. The van der Waals surface area contributed by atoms with Crippen molar-refractivity contribution in [3.05, 3.63) is 35.4 Å². The van der Waals surface area contributed by atoms with Crippen molar-refractivity contribution in [1.29, 1.82) is 0 Å². The molecule has 0 saturated carbocycles. The van der Waals surface area contributed by atoms with Crippen LogP contribution in [-0.4, -0.2) is 43.0 Å². The number of carbonyl (C=O) groups is 2. The van der Waals surface area contributed by atoms with E-state index in [1.54, 1.807) is 0 Å². The van der Waals surface area contributed by atoms with Crippen LogP contribution in [0.5, 0.6) is 0 Å². The van der Waals surface area contributed by atoms with Gasteiger partial charge in [-0.3, -0.25) is 9.59 Å². The molecule has 1 N–H and O–H groups in total. The predicted molar refractivity (Wildman–Crippen MR) is 75.3 cm³/mol. The molecule has 0 unspecified atom stereocenters. The minimum atomic E-state index is -4.47. The zero-order valence-electron chi connectivity index (χ0n) is 12.5. The lowest BCUT2D eigenvalue weighted by molar-refractivity contribution is -0.139. The van der Waals surface area contributed by atoms with Crippen LogP contribution in [0.3, 0.4) is 0 Å². The summed E-state index contributed by atoms with van der Waals surface area (Å²) in [6.45, 7) is -0.0761. The molecule has 0 bridgehead atoms. The summed E-state index contributed by atoms with van der Waals surface area (Å²) in [6, 6.07) is 4.75. The molecule has 0 spiro atoms. The average Bonchev–Trinajstić information content (AvgIpc) is 2.78. The molecule has 1 aliphatic rings. The molecule has 1 aliphatic heterocycles. The second kappa shape index (κ2) is 6.99. The van der Waals surface area contributed by atoms with Crippen LogP contribution >= 0.6 is 0 Å². The smallest absolute Gasteiger partial charge is 0.375 e. The van der Waals surface area contributed by atoms with E-state index < -0.39 is 17.8 Å². The lowest BCUT2D eigenvalue weighted by atomic mass is 10.1. The highest BCUT2D eigenvalue weighted by atomic mass is 19.4. The molecular weight excluding hydrogens is 313 g/mol. The number of amides is 2. The Bertz CT molecular complexity index is 590. The summed E-state index contributed by atoms with van der Waals surface area (Å²) < 4.78 is 43.6. The van der Waals surface area contributed by atoms with Crippen LogP contribution in [0.25, 0.3) is 0 Å². The fourth-order valence-electron chi connectivity index (χ4n) is 2.56. The van der Waals surface area contributed by atoms with Crippen molar-refractivity contribution in [3.63, 3.8) is 0 Å². The van der Waals surface area contributed by atoms with Crippen LogP contribution in [0.4, 0.5) is 13.2 Å². The molecule has 1 heterocycles. The average molecular weight is 330 g/mol. The number of halogens is 3. The monoisotopic (exact) mass is 330 g/mol. The largest absolute Gasteiger partial charge is 0.416 e. The van der Waals surface area contributed by atoms with Crippen molar-refractivity contribution in [2.24, 2.45) is 0 Å². The Balaban J connectivity index is 2.04. The van der Waals surface area contributed by atoms with E-state index in [-0.39, 0.29) is 43.5 Å². The fraction of sp³-hybridized carbons (Fsp3) is 0.467. The SMILES string of the molecule is COCC(=O)N[C@@H]1CC(=O)N(Cc2ccccc2C(F)(F)F)C1. The molecule has 1 aromatic rings. The number of carbonyl (C=O) groups excluding carboxylic acids is 2. The summed E-state index contributed by atoms with van der Waals surface area (Å²) in [4.78, 5) is 24.7. The third-order valence-corrected chi connectivity index (χ3v) is 3.54. The summed E-state index contributed by atoms with van der Waals surface area (Å²) in [7, 11) is 1.37. The summed E-state index contributed by atoms with van der Waals surface area (Å²) >= 11 is 0. The molecule has 1 atom stereocenters. The second-order valence-corrected chi connectivity index (χ2v) is 5.33. The number of nitrogens with one attached hydrogen (secondary N) is 1. The third-order valence-electron chi connectivity index (χ3n) is 3.54. The van der Waals surface area contributed by atoms with Crippen molar-refractivity contribution in [3.8, 4) is 0 Å². The maximum atomic E-state index is 13.0. The van der Waals surface area contributed by atoms with Crippen LogP contribution in [-0.2, 0) is 27.0 Å². The quantitative estimate of drug-likeness (QED) is 0.891. The molecule has 126 valence electrons. The van der Waals surface area contributed by atoms with Gasteiger partial charge in [0.1, 0.15) is 6.61 Å². The maximum Gasteiger partial charge on any atom is 0.416 e. The molecule has 0 aliphatic carbocycles. The van der Waals surface area contributed by atoms with Gasteiger partial charge in [0, 0.05) is 26.6 Å². The van der Waals surface area contributed by atoms with E-state index in [1.165, 1.54) is 30.2 Å². The van der Waals surface area contributed by atoms with Gasteiger partial charge < -0.3 is 15.0 Å². The van der Waals surface area contributed by atoms with E-state index >= 15 is 0 Å². The normalized spacial score (nSPS) is 18.3. The number of likely N-dealkylation sites (tertiary alicyclic amines) is 1. The molecule has 1 saturated heterocycles. The standard InChI is InChI=1S/C15H17F3N2O3/c1-23-9-13(21)19-11-6-14(22)20(8-11)7-10-4-2-3-5-12(10)15(16,17)18/h2-5,11H,6-9H2,1H3,(H,19,21)/t11-/m1/s1. The van der Waals surface area contributed by atoms with Crippen molar-refractivity contribution >= 4 is 11.8 Å². The first kappa shape index (κ1) is 17.3. The van der Waals surface area contributed by atoms with Crippen LogP contribution < -0.4 is 5.32 Å².